The molecule has 0 amide bonds. The highest BCUT2D eigenvalue weighted by atomic mass is 19.1. The van der Waals surface area contributed by atoms with Gasteiger partial charge < -0.3 is 10.5 Å². The van der Waals surface area contributed by atoms with E-state index in [9.17, 15) is 9.18 Å². The second kappa shape index (κ2) is 6.14. The lowest BCUT2D eigenvalue weighted by Crippen LogP contribution is -2.10. The van der Waals surface area contributed by atoms with Crippen LogP contribution in [-0.4, -0.2) is 17.6 Å². The average Bonchev–Trinajstić information content (AvgIpc) is 2.45. The zero-order chi connectivity index (χ0) is 14.5. The van der Waals surface area contributed by atoms with Crippen LogP contribution >= 0.6 is 0 Å². The molecule has 0 spiro atoms. The van der Waals surface area contributed by atoms with E-state index in [-0.39, 0.29) is 17.9 Å². The molecule has 1 aromatic heterocycles. The summed E-state index contributed by atoms with van der Waals surface area (Å²) < 4.78 is 18.6. The van der Waals surface area contributed by atoms with Crippen LogP contribution in [0.2, 0.25) is 0 Å². The quantitative estimate of drug-likeness (QED) is 0.687. The average molecular weight is 274 g/mol. The van der Waals surface area contributed by atoms with Crippen LogP contribution in [0.15, 0.2) is 36.7 Å². The fourth-order valence-corrected chi connectivity index (χ4v) is 1.71. The van der Waals surface area contributed by atoms with Gasteiger partial charge in [-0.15, -0.1) is 0 Å². The second-order valence-electron chi connectivity index (χ2n) is 4.41. The van der Waals surface area contributed by atoms with E-state index < -0.39 is 11.8 Å². The highest BCUT2D eigenvalue weighted by Crippen LogP contribution is 2.18. The van der Waals surface area contributed by atoms with E-state index in [1.807, 2.05) is 12.1 Å². The van der Waals surface area contributed by atoms with Gasteiger partial charge in [0.25, 0.3) is 0 Å². The van der Waals surface area contributed by atoms with Crippen molar-refractivity contribution in [3.63, 3.8) is 0 Å². The van der Waals surface area contributed by atoms with E-state index in [0.717, 1.165) is 11.6 Å². The Morgan fingerprint density at radius 1 is 1.35 bits per heavy atom. The number of rotatable bonds is 4. The molecule has 0 fully saturated rings. The van der Waals surface area contributed by atoms with Crippen molar-refractivity contribution in [3.8, 4) is 0 Å². The molecule has 2 rings (SSSR count). The lowest BCUT2D eigenvalue weighted by atomic mass is 10.1. The summed E-state index contributed by atoms with van der Waals surface area (Å²) in [5.41, 5.74) is 7.34. The Balaban J connectivity index is 1.95. The van der Waals surface area contributed by atoms with Gasteiger partial charge in [-0.2, -0.15) is 0 Å². The molecule has 0 unspecified atom stereocenters. The molecule has 104 valence electrons. The Morgan fingerprint density at radius 3 is 2.70 bits per heavy atom. The predicted molar refractivity (Wildman–Crippen MR) is 73.8 cm³/mol. The number of ether oxygens (including phenoxy) is 1. The summed E-state index contributed by atoms with van der Waals surface area (Å²) in [6.07, 6.45) is 3.93. The number of aromatic nitrogens is 1. The number of halogens is 1. The van der Waals surface area contributed by atoms with Crippen molar-refractivity contribution in [2.45, 2.75) is 13.3 Å². The molecule has 0 aliphatic heterocycles. The topological polar surface area (TPSA) is 65.2 Å². The van der Waals surface area contributed by atoms with Crippen molar-refractivity contribution >= 4 is 11.7 Å². The van der Waals surface area contributed by atoms with Gasteiger partial charge in [0.05, 0.1) is 12.2 Å². The van der Waals surface area contributed by atoms with Crippen molar-refractivity contribution in [2.24, 2.45) is 0 Å². The number of anilines is 1. The minimum atomic E-state index is -0.579. The smallest absolute Gasteiger partial charge is 0.338 e. The Hall–Kier alpha value is -2.43. The standard InChI is InChI=1S/C15H15FN2O2/c1-10-13(16)8-12(9-14(10)17)15(19)20-7-4-11-2-5-18-6-3-11/h2-3,5-6,8-9H,4,7,17H2,1H3. The molecule has 2 N–H and O–H groups in total. The van der Waals surface area contributed by atoms with Crippen LogP contribution < -0.4 is 5.73 Å². The van der Waals surface area contributed by atoms with Gasteiger partial charge in [0.2, 0.25) is 0 Å². The molecule has 4 nitrogen and oxygen atoms in total. The molecule has 0 atom stereocenters. The van der Waals surface area contributed by atoms with Crippen molar-refractivity contribution in [2.75, 3.05) is 12.3 Å². The van der Waals surface area contributed by atoms with Crippen molar-refractivity contribution < 1.29 is 13.9 Å². The molecule has 2 aromatic rings. The summed E-state index contributed by atoms with van der Waals surface area (Å²) in [6.45, 7) is 1.78. The number of benzene rings is 1. The van der Waals surface area contributed by atoms with E-state index in [4.69, 9.17) is 10.5 Å². The van der Waals surface area contributed by atoms with Gasteiger partial charge in [-0.25, -0.2) is 9.18 Å². The number of nitrogen functional groups attached to an aromatic ring is 1. The number of hydrogen-bond acceptors (Lipinski definition) is 4. The largest absolute Gasteiger partial charge is 0.462 e. The maximum atomic E-state index is 13.5. The normalized spacial score (nSPS) is 10.3. The van der Waals surface area contributed by atoms with Crippen LogP contribution in [0.3, 0.4) is 0 Å². The van der Waals surface area contributed by atoms with Crippen LogP contribution in [0.5, 0.6) is 0 Å². The van der Waals surface area contributed by atoms with Crippen molar-refractivity contribution in [1.82, 2.24) is 4.98 Å². The molecular formula is C15H15FN2O2. The lowest BCUT2D eigenvalue weighted by Gasteiger charge is -2.07. The number of carbonyl (C=O) groups excluding carboxylic acids is 1. The van der Waals surface area contributed by atoms with Gasteiger partial charge in [-0.05, 0) is 36.8 Å². The minimum absolute atomic E-state index is 0.125. The molecule has 0 radical (unpaired) electrons. The third-order valence-corrected chi connectivity index (χ3v) is 2.99. The highest BCUT2D eigenvalue weighted by Gasteiger charge is 2.12. The first kappa shape index (κ1) is 14.0. The lowest BCUT2D eigenvalue weighted by molar-refractivity contribution is 0.0509. The SMILES string of the molecule is Cc1c(N)cc(C(=O)OCCc2ccncc2)cc1F. The second-order valence-corrected chi connectivity index (χ2v) is 4.41. The van der Waals surface area contributed by atoms with E-state index in [0.29, 0.717) is 12.0 Å². The molecule has 0 bridgehead atoms. The maximum absolute atomic E-state index is 13.5. The van der Waals surface area contributed by atoms with Gasteiger partial charge in [0.1, 0.15) is 5.82 Å². The number of esters is 1. The first-order chi connectivity index (χ1) is 9.58. The molecule has 20 heavy (non-hydrogen) atoms. The van der Waals surface area contributed by atoms with Gasteiger partial charge in [-0.3, -0.25) is 4.98 Å². The first-order valence-electron chi connectivity index (χ1n) is 6.19. The Bertz CT molecular complexity index is 592. The highest BCUT2D eigenvalue weighted by molar-refractivity contribution is 5.90. The first-order valence-corrected chi connectivity index (χ1v) is 6.19. The summed E-state index contributed by atoms with van der Waals surface area (Å²) >= 11 is 0. The van der Waals surface area contributed by atoms with Crippen LogP contribution in [0.1, 0.15) is 21.5 Å². The van der Waals surface area contributed by atoms with Crippen molar-refractivity contribution in [1.29, 1.82) is 0 Å². The predicted octanol–water partition coefficient (Wildman–Crippen LogP) is 2.51. The summed E-state index contributed by atoms with van der Waals surface area (Å²) in [5, 5.41) is 0. The zero-order valence-corrected chi connectivity index (χ0v) is 11.1. The molecule has 0 aliphatic rings. The summed E-state index contributed by atoms with van der Waals surface area (Å²) in [4.78, 5) is 15.7. The van der Waals surface area contributed by atoms with Crippen LogP contribution in [0.4, 0.5) is 10.1 Å². The molecule has 0 saturated carbocycles. The monoisotopic (exact) mass is 274 g/mol. The van der Waals surface area contributed by atoms with Crippen LogP contribution in [0, 0.1) is 12.7 Å². The Labute approximate surface area is 116 Å². The molecule has 1 aromatic carbocycles. The Kier molecular flexibility index (Phi) is 4.30. The van der Waals surface area contributed by atoms with Gasteiger partial charge in [0.15, 0.2) is 0 Å². The van der Waals surface area contributed by atoms with Gasteiger partial charge in [-0.1, -0.05) is 0 Å². The van der Waals surface area contributed by atoms with E-state index in [1.165, 1.54) is 6.07 Å². The van der Waals surface area contributed by atoms with Crippen LogP contribution in [-0.2, 0) is 11.2 Å². The van der Waals surface area contributed by atoms with Gasteiger partial charge >= 0.3 is 5.97 Å². The minimum Gasteiger partial charge on any atom is -0.462 e. The van der Waals surface area contributed by atoms with E-state index >= 15 is 0 Å². The summed E-state index contributed by atoms with van der Waals surface area (Å²) in [6, 6.07) is 6.25. The maximum Gasteiger partial charge on any atom is 0.338 e. The number of pyridine rings is 1. The van der Waals surface area contributed by atoms with Crippen LogP contribution in [0.25, 0.3) is 0 Å². The molecule has 0 saturated heterocycles. The number of hydrogen-bond donors (Lipinski definition) is 1. The summed E-state index contributed by atoms with van der Waals surface area (Å²) in [7, 11) is 0. The molecule has 1 heterocycles. The van der Waals surface area contributed by atoms with E-state index in [2.05, 4.69) is 4.98 Å². The third-order valence-electron chi connectivity index (χ3n) is 2.99. The molecule has 0 aliphatic carbocycles. The number of nitrogens with zero attached hydrogens (tertiary/aromatic N) is 1. The fourth-order valence-electron chi connectivity index (χ4n) is 1.71. The zero-order valence-electron chi connectivity index (χ0n) is 11.1. The van der Waals surface area contributed by atoms with E-state index in [1.54, 1.807) is 19.3 Å². The number of carbonyl (C=O) groups is 1. The number of nitrogens with two attached hydrogens (primary N) is 1. The molecular weight excluding hydrogens is 259 g/mol. The van der Waals surface area contributed by atoms with Crippen molar-refractivity contribution in [3.05, 3.63) is 59.2 Å². The molecule has 5 heteroatoms. The third kappa shape index (κ3) is 3.32. The summed E-state index contributed by atoms with van der Waals surface area (Å²) in [5.74, 6) is -1.09. The van der Waals surface area contributed by atoms with Gasteiger partial charge in [0, 0.05) is 30.1 Å². The fraction of sp³-hybridized carbons (Fsp3) is 0.200. The Morgan fingerprint density at radius 2 is 2.05 bits per heavy atom.